The zero-order valence-corrected chi connectivity index (χ0v) is 13.6. The molecule has 22 heavy (non-hydrogen) atoms. The summed E-state index contributed by atoms with van der Waals surface area (Å²) < 4.78 is 6.10. The molecule has 0 aliphatic heterocycles. The highest BCUT2D eigenvalue weighted by molar-refractivity contribution is 9.10. The third-order valence-corrected chi connectivity index (χ3v) is 4.06. The van der Waals surface area contributed by atoms with E-state index in [-0.39, 0.29) is 5.91 Å². The van der Waals surface area contributed by atoms with Crippen LogP contribution in [0.1, 0.15) is 16.1 Å². The van der Waals surface area contributed by atoms with Gasteiger partial charge in [-0.15, -0.1) is 0 Å². The van der Waals surface area contributed by atoms with Gasteiger partial charge >= 0.3 is 0 Å². The molecular formula is C17H15BrN2O2. The van der Waals surface area contributed by atoms with E-state index in [1.807, 2.05) is 48.5 Å². The van der Waals surface area contributed by atoms with Crippen molar-refractivity contribution in [3.8, 4) is 5.75 Å². The number of H-pyrrole nitrogens is 1. The minimum atomic E-state index is -0.133. The molecular weight excluding hydrogens is 344 g/mol. The summed E-state index contributed by atoms with van der Waals surface area (Å²) in [6.45, 7) is 0.500. The first-order valence-corrected chi connectivity index (χ1v) is 7.65. The number of amides is 1. The second-order valence-corrected chi connectivity index (χ2v) is 5.78. The number of benzene rings is 2. The van der Waals surface area contributed by atoms with Gasteiger partial charge in [0.25, 0.3) is 5.91 Å². The summed E-state index contributed by atoms with van der Waals surface area (Å²) >= 11 is 3.48. The number of ether oxygens (including phenoxy) is 1. The van der Waals surface area contributed by atoms with Crippen molar-refractivity contribution in [3.63, 3.8) is 0 Å². The van der Waals surface area contributed by atoms with Crippen LogP contribution in [0.25, 0.3) is 10.9 Å². The number of methoxy groups -OCH3 is 1. The summed E-state index contributed by atoms with van der Waals surface area (Å²) in [6.07, 6.45) is 0. The predicted octanol–water partition coefficient (Wildman–Crippen LogP) is 3.87. The fourth-order valence-corrected chi connectivity index (χ4v) is 2.84. The molecule has 0 saturated carbocycles. The zero-order chi connectivity index (χ0) is 15.5. The molecule has 0 spiro atoms. The standard InChI is InChI=1S/C17H15BrN2O2/c1-22-13-7-12-8-15(20-16(12)14(18)9-13)17(21)19-10-11-5-3-2-4-6-11/h2-9,20H,10H2,1H3,(H,19,21). The van der Waals surface area contributed by atoms with Crippen molar-refractivity contribution in [3.05, 3.63) is 64.3 Å². The van der Waals surface area contributed by atoms with Gasteiger partial charge in [0.2, 0.25) is 0 Å². The van der Waals surface area contributed by atoms with E-state index in [2.05, 4.69) is 26.2 Å². The van der Waals surface area contributed by atoms with Gasteiger partial charge in [0.1, 0.15) is 11.4 Å². The molecule has 1 aromatic heterocycles. The van der Waals surface area contributed by atoms with Gasteiger partial charge in [-0.2, -0.15) is 0 Å². The number of rotatable bonds is 4. The maximum Gasteiger partial charge on any atom is 0.267 e. The fraction of sp³-hybridized carbons (Fsp3) is 0.118. The van der Waals surface area contributed by atoms with Gasteiger partial charge in [-0.3, -0.25) is 4.79 Å². The summed E-state index contributed by atoms with van der Waals surface area (Å²) in [7, 11) is 1.62. The Kier molecular flexibility index (Phi) is 4.15. The molecule has 1 heterocycles. The lowest BCUT2D eigenvalue weighted by Crippen LogP contribution is -2.22. The van der Waals surface area contributed by atoms with E-state index in [1.165, 1.54) is 0 Å². The SMILES string of the molecule is COc1cc(Br)c2[nH]c(C(=O)NCc3ccccc3)cc2c1. The topological polar surface area (TPSA) is 54.1 Å². The Hall–Kier alpha value is -2.27. The normalized spacial score (nSPS) is 10.6. The maximum absolute atomic E-state index is 12.3. The maximum atomic E-state index is 12.3. The molecule has 0 bridgehead atoms. The van der Waals surface area contributed by atoms with Crippen LogP contribution in [0, 0.1) is 0 Å². The molecule has 0 aliphatic carbocycles. The average Bonchev–Trinajstić information content (AvgIpc) is 2.98. The summed E-state index contributed by atoms with van der Waals surface area (Å²) in [5.74, 6) is 0.612. The van der Waals surface area contributed by atoms with Gasteiger partial charge in [0, 0.05) is 16.4 Å². The molecule has 0 unspecified atom stereocenters. The molecule has 5 heteroatoms. The van der Waals surface area contributed by atoms with Gasteiger partial charge in [-0.25, -0.2) is 0 Å². The largest absolute Gasteiger partial charge is 0.497 e. The highest BCUT2D eigenvalue weighted by Crippen LogP contribution is 2.29. The summed E-state index contributed by atoms with van der Waals surface area (Å²) in [5.41, 5.74) is 2.47. The molecule has 112 valence electrons. The van der Waals surface area contributed by atoms with E-state index in [9.17, 15) is 4.79 Å². The lowest BCUT2D eigenvalue weighted by atomic mass is 10.2. The molecule has 2 aromatic carbocycles. The first kappa shape index (κ1) is 14.7. The molecule has 3 aromatic rings. The molecule has 0 radical (unpaired) electrons. The van der Waals surface area contributed by atoms with Crippen LogP contribution in [0.5, 0.6) is 5.75 Å². The number of fused-ring (bicyclic) bond motifs is 1. The molecule has 1 amide bonds. The second-order valence-electron chi connectivity index (χ2n) is 4.92. The quantitative estimate of drug-likeness (QED) is 0.743. The number of aromatic amines is 1. The molecule has 3 rings (SSSR count). The van der Waals surface area contributed by atoms with Crippen molar-refractivity contribution in [1.82, 2.24) is 10.3 Å². The van der Waals surface area contributed by atoms with E-state index in [0.29, 0.717) is 12.2 Å². The Balaban J connectivity index is 1.81. The van der Waals surface area contributed by atoms with Gasteiger partial charge < -0.3 is 15.0 Å². The minimum Gasteiger partial charge on any atom is -0.497 e. The Morgan fingerprint density at radius 2 is 2.00 bits per heavy atom. The first-order chi connectivity index (χ1) is 10.7. The van der Waals surface area contributed by atoms with Gasteiger partial charge in [0.15, 0.2) is 0 Å². The van der Waals surface area contributed by atoms with E-state index in [0.717, 1.165) is 26.7 Å². The highest BCUT2D eigenvalue weighted by atomic mass is 79.9. The van der Waals surface area contributed by atoms with Crippen molar-refractivity contribution in [2.75, 3.05) is 7.11 Å². The third kappa shape index (κ3) is 2.99. The Labute approximate surface area is 136 Å². The van der Waals surface area contributed by atoms with Crippen LogP contribution in [-0.2, 0) is 6.54 Å². The van der Waals surface area contributed by atoms with Crippen LogP contribution < -0.4 is 10.1 Å². The monoisotopic (exact) mass is 358 g/mol. The number of carbonyl (C=O) groups excluding carboxylic acids is 1. The molecule has 4 nitrogen and oxygen atoms in total. The number of halogens is 1. The lowest BCUT2D eigenvalue weighted by Gasteiger charge is -2.03. The van der Waals surface area contributed by atoms with Crippen LogP contribution in [0.15, 0.2) is 53.0 Å². The molecule has 0 saturated heterocycles. The second kappa shape index (κ2) is 6.23. The first-order valence-electron chi connectivity index (χ1n) is 6.86. The smallest absolute Gasteiger partial charge is 0.267 e. The van der Waals surface area contributed by atoms with Crippen LogP contribution in [-0.4, -0.2) is 18.0 Å². The number of nitrogens with one attached hydrogen (secondary N) is 2. The Morgan fingerprint density at radius 1 is 1.23 bits per heavy atom. The van der Waals surface area contributed by atoms with E-state index < -0.39 is 0 Å². The average molecular weight is 359 g/mol. The van der Waals surface area contributed by atoms with Crippen LogP contribution >= 0.6 is 15.9 Å². The van der Waals surface area contributed by atoms with E-state index in [4.69, 9.17) is 4.74 Å². The number of aromatic nitrogens is 1. The van der Waals surface area contributed by atoms with E-state index >= 15 is 0 Å². The molecule has 0 fully saturated rings. The van der Waals surface area contributed by atoms with Crippen molar-refractivity contribution < 1.29 is 9.53 Å². The molecule has 0 atom stereocenters. The molecule has 0 aliphatic rings. The van der Waals surface area contributed by atoms with Crippen molar-refractivity contribution in [1.29, 1.82) is 0 Å². The summed E-state index contributed by atoms with van der Waals surface area (Å²) in [6, 6.07) is 15.4. The van der Waals surface area contributed by atoms with Gasteiger partial charge in [-0.05, 0) is 39.7 Å². The third-order valence-electron chi connectivity index (χ3n) is 3.43. The molecule has 2 N–H and O–H groups in total. The van der Waals surface area contributed by atoms with Crippen molar-refractivity contribution in [2.24, 2.45) is 0 Å². The minimum absolute atomic E-state index is 0.133. The number of hydrogen-bond acceptors (Lipinski definition) is 2. The predicted molar refractivity (Wildman–Crippen MR) is 90.2 cm³/mol. The van der Waals surface area contributed by atoms with Crippen LogP contribution in [0.3, 0.4) is 0 Å². The van der Waals surface area contributed by atoms with Crippen molar-refractivity contribution >= 4 is 32.7 Å². The number of hydrogen-bond donors (Lipinski definition) is 2. The van der Waals surface area contributed by atoms with E-state index in [1.54, 1.807) is 7.11 Å². The van der Waals surface area contributed by atoms with Gasteiger partial charge in [0.05, 0.1) is 12.6 Å². The van der Waals surface area contributed by atoms with Crippen LogP contribution in [0.4, 0.5) is 0 Å². The Bertz CT molecular complexity index is 812. The lowest BCUT2D eigenvalue weighted by molar-refractivity contribution is 0.0947. The Morgan fingerprint density at radius 3 is 2.73 bits per heavy atom. The van der Waals surface area contributed by atoms with Gasteiger partial charge in [-0.1, -0.05) is 30.3 Å². The highest BCUT2D eigenvalue weighted by Gasteiger charge is 2.12. The number of carbonyl (C=O) groups is 1. The summed E-state index contributed by atoms with van der Waals surface area (Å²) in [5, 5.41) is 3.83. The zero-order valence-electron chi connectivity index (χ0n) is 12.0. The van der Waals surface area contributed by atoms with Crippen molar-refractivity contribution in [2.45, 2.75) is 6.54 Å². The fourth-order valence-electron chi connectivity index (χ4n) is 2.29. The summed E-state index contributed by atoms with van der Waals surface area (Å²) in [4.78, 5) is 15.4. The van der Waals surface area contributed by atoms with Crippen LogP contribution in [0.2, 0.25) is 0 Å².